The highest BCUT2D eigenvalue weighted by molar-refractivity contribution is 7.98. The molecular weight excluding hydrogens is 510 g/mol. The van der Waals surface area contributed by atoms with Crippen LogP contribution in [0.15, 0.2) is 47.6 Å². The number of ether oxygens (including phenoxy) is 2. The van der Waals surface area contributed by atoms with E-state index in [4.69, 9.17) is 19.4 Å². The van der Waals surface area contributed by atoms with E-state index >= 15 is 0 Å². The Hall–Kier alpha value is -3.30. The molecule has 0 N–H and O–H groups in total. The average Bonchev–Trinajstić information content (AvgIpc) is 3.67. The molecule has 1 aromatic heterocycles. The highest BCUT2D eigenvalue weighted by Gasteiger charge is 2.23. The van der Waals surface area contributed by atoms with Crippen LogP contribution in [-0.4, -0.2) is 71.7 Å². The standard InChI is InChI=1S/C30H35N5O3S/c1-21-22(2)31-30(39-19-23-5-8-25(9-6-23)29(36)35-11-3-4-12-35)32-28(21)34-15-13-33(14-16-34)18-24-7-10-26-27(17-24)38-20-37-26/h5-10,17H,3-4,11-16,18-20H2,1-2H3. The molecule has 2 saturated heterocycles. The molecular formula is C30H35N5O3S. The van der Waals surface area contributed by atoms with Crippen LogP contribution >= 0.6 is 11.8 Å². The number of likely N-dealkylation sites (tertiary alicyclic amines) is 1. The quantitative estimate of drug-likeness (QED) is 0.313. The zero-order chi connectivity index (χ0) is 26.8. The molecule has 3 aromatic rings. The first kappa shape index (κ1) is 26.0. The van der Waals surface area contributed by atoms with Crippen molar-refractivity contribution >= 4 is 23.5 Å². The van der Waals surface area contributed by atoms with Gasteiger partial charge < -0.3 is 19.3 Å². The third-order valence-electron chi connectivity index (χ3n) is 7.82. The van der Waals surface area contributed by atoms with Gasteiger partial charge in [-0.25, -0.2) is 9.97 Å². The number of carbonyl (C=O) groups is 1. The second-order valence-electron chi connectivity index (χ2n) is 10.5. The Morgan fingerprint density at radius 1 is 0.872 bits per heavy atom. The molecule has 0 spiro atoms. The molecule has 6 rings (SSSR count). The molecule has 1 amide bonds. The number of nitrogens with zero attached hydrogens (tertiary/aromatic N) is 5. The molecule has 2 fully saturated rings. The van der Waals surface area contributed by atoms with E-state index in [0.29, 0.717) is 6.79 Å². The van der Waals surface area contributed by atoms with Crippen molar-refractivity contribution in [2.75, 3.05) is 51.0 Å². The lowest BCUT2D eigenvalue weighted by Gasteiger charge is -2.36. The second kappa shape index (κ2) is 11.4. The van der Waals surface area contributed by atoms with E-state index in [-0.39, 0.29) is 5.91 Å². The van der Waals surface area contributed by atoms with E-state index in [2.05, 4.69) is 47.9 Å². The Bertz CT molecular complexity index is 1340. The number of carbonyl (C=O) groups excluding carboxylic acids is 1. The number of aromatic nitrogens is 2. The number of fused-ring (bicyclic) bond motifs is 1. The third-order valence-corrected chi connectivity index (χ3v) is 8.74. The van der Waals surface area contributed by atoms with Gasteiger partial charge in [-0.05, 0) is 62.1 Å². The van der Waals surface area contributed by atoms with Crippen molar-refractivity contribution in [2.45, 2.75) is 44.1 Å². The number of thioether (sulfide) groups is 1. The molecule has 0 saturated carbocycles. The minimum absolute atomic E-state index is 0.143. The molecule has 0 unspecified atom stereocenters. The molecule has 2 aromatic carbocycles. The van der Waals surface area contributed by atoms with Gasteiger partial charge in [-0.3, -0.25) is 9.69 Å². The minimum Gasteiger partial charge on any atom is -0.454 e. The van der Waals surface area contributed by atoms with Crippen molar-refractivity contribution in [3.05, 3.63) is 70.4 Å². The smallest absolute Gasteiger partial charge is 0.253 e. The highest BCUT2D eigenvalue weighted by atomic mass is 32.2. The summed E-state index contributed by atoms with van der Waals surface area (Å²) in [7, 11) is 0. The van der Waals surface area contributed by atoms with Gasteiger partial charge in [0.15, 0.2) is 16.7 Å². The van der Waals surface area contributed by atoms with E-state index in [0.717, 1.165) is 104 Å². The van der Waals surface area contributed by atoms with E-state index in [1.54, 1.807) is 11.8 Å². The molecule has 0 radical (unpaired) electrons. The van der Waals surface area contributed by atoms with E-state index < -0.39 is 0 Å². The summed E-state index contributed by atoms with van der Waals surface area (Å²) in [4.78, 5) is 29.2. The van der Waals surface area contributed by atoms with Gasteiger partial charge in [0.2, 0.25) is 6.79 Å². The highest BCUT2D eigenvalue weighted by Crippen LogP contribution is 2.33. The topological polar surface area (TPSA) is 71.0 Å². The van der Waals surface area contributed by atoms with Crippen LogP contribution in [0.3, 0.4) is 0 Å². The van der Waals surface area contributed by atoms with Crippen molar-refractivity contribution in [1.29, 1.82) is 0 Å². The van der Waals surface area contributed by atoms with Crippen LogP contribution in [0.2, 0.25) is 0 Å². The first-order chi connectivity index (χ1) is 19.0. The Morgan fingerprint density at radius 3 is 2.36 bits per heavy atom. The molecule has 0 bridgehead atoms. The van der Waals surface area contributed by atoms with Crippen LogP contribution in [0.5, 0.6) is 11.5 Å². The van der Waals surface area contributed by atoms with E-state index in [1.807, 2.05) is 23.1 Å². The van der Waals surface area contributed by atoms with Crippen LogP contribution in [0, 0.1) is 13.8 Å². The number of amides is 1. The largest absolute Gasteiger partial charge is 0.454 e. The first-order valence-corrected chi connectivity index (χ1v) is 14.7. The fourth-order valence-electron chi connectivity index (χ4n) is 5.37. The molecule has 3 aliphatic rings. The Labute approximate surface area is 234 Å². The summed E-state index contributed by atoms with van der Waals surface area (Å²) in [5.41, 5.74) is 5.35. The molecule has 3 aliphatic heterocycles. The number of piperazine rings is 1. The molecule has 39 heavy (non-hydrogen) atoms. The van der Waals surface area contributed by atoms with Gasteiger partial charge in [-0.15, -0.1) is 0 Å². The normalized spacial score (nSPS) is 17.2. The summed E-state index contributed by atoms with van der Waals surface area (Å²) in [6.45, 7) is 10.9. The van der Waals surface area contributed by atoms with Gasteiger partial charge in [-0.1, -0.05) is 30.0 Å². The Morgan fingerprint density at radius 2 is 1.59 bits per heavy atom. The summed E-state index contributed by atoms with van der Waals surface area (Å²) in [6, 6.07) is 14.2. The van der Waals surface area contributed by atoms with Crippen LogP contribution in [0.1, 0.15) is 45.6 Å². The van der Waals surface area contributed by atoms with Crippen molar-refractivity contribution in [2.24, 2.45) is 0 Å². The SMILES string of the molecule is Cc1nc(SCc2ccc(C(=O)N3CCCC3)cc2)nc(N2CCN(Cc3ccc4c(c3)OCO4)CC2)c1C. The number of anilines is 1. The van der Waals surface area contributed by atoms with Crippen LogP contribution < -0.4 is 14.4 Å². The zero-order valence-corrected chi connectivity index (χ0v) is 23.5. The molecule has 0 aliphatic carbocycles. The second-order valence-corrected chi connectivity index (χ2v) is 11.4. The molecule has 4 heterocycles. The maximum atomic E-state index is 12.6. The minimum atomic E-state index is 0.143. The summed E-state index contributed by atoms with van der Waals surface area (Å²) in [5.74, 6) is 3.62. The first-order valence-electron chi connectivity index (χ1n) is 13.8. The van der Waals surface area contributed by atoms with E-state index in [1.165, 1.54) is 11.1 Å². The van der Waals surface area contributed by atoms with Crippen molar-refractivity contribution in [3.63, 3.8) is 0 Å². The van der Waals surface area contributed by atoms with Gasteiger partial charge >= 0.3 is 0 Å². The fraction of sp³-hybridized carbons (Fsp3) is 0.433. The van der Waals surface area contributed by atoms with Gasteiger partial charge in [0.1, 0.15) is 5.82 Å². The number of rotatable bonds is 7. The lowest BCUT2D eigenvalue weighted by atomic mass is 10.1. The monoisotopic (exact) mass is 545 g/mol. The van der Waals surface area contributed by atoms with Crippen LogP contribution in [0.25, 0.3) is 0 Å². The number of aryl methyl sites for hydroxylation is 1. The van der Waals surface area contributed by atoms with Crippen LogP contribution in [-0.2, 0) is 12.3 Å². The van der Waals surface area contributed by atoms with Crippen molar-refractivity contribution in [1.82, 2.24) is 19.8 Å². The van der Waals surface area contributed by atoms with Gasteiger partial charge in [0, 0.05) is 68.4 Å². The summed E-state index contributed by atoms with van der Waals surface area (Å²) in [6.07, 6.45) is 2.21. The predicted molar refractivity (Wildman–Crippen MR) is 153 cm³/mol. The number of hydrogen-bond donors (Lipinski definition) is 0. The summed E-state index contributed by atoms with van der Waals surface area (Å²) < 4.78 is 11.0. The lowest BCUT2D eigenvalue weighted by molar-refractivity contribution is 0.0793. The number of benzene rings is 2. The maximum absolute atomic E-state index is 12.6. The predicted octanol–water partition coefficient (Wildman–Crippen LogP) is 4.67. The number of hydrogen-bond acceptors (Lipinski definition) is 8. The van der Waals surface area contributed by atoms with E-state index in [9.17, 15) is 4.79 Å². The summed E-state index contributed by atoms with van der Waals surface area (Å²) in [5, 5.41) is 0.799. The zero-order valence-electron chi connectivity index (χ0n) is 22.7. The molecule has 9 heteroatoms. The lowest BCUT2D eigenvalue weighted by Crippen LogP contribution is -2.46. The molecule has 204 valence electrons. The van der Waals surface area contributed by atoms with Crippen molar-refractivity contribution in [3.8, 4) is 11.5 Å². The Kier molecular flexibility index (Phi) is 7.61. The summed E-state index contributed by atoms with van der Waals surface area (Å²) >= 11 is 1.65. The maximum Gasteiger partial charge on any atom is 0.253 e. The third kappa shape index (κ3) is 5.84. The average molecular weight is 546 g/mol. The van der Waals surface area contributed by atoms with Gasteiger partial charge in [-0.2, -0.15) is 0 Å². The molecule has 8 nitrogen and oxygen atoms in total. The van der Waals surface area contributed by atoms with Gasteiger partial charge in [0.05, 0.1) is 0 Å². The molecule has 0 atom stereocenters. The fourth-order valence-corrected chi connectivity index (χ4v) is 6.21. The van der Waals surface area contributed by atoms with Gasteiger partial charge in [0.25, 0.3) is 5.91 Å². The Balaban J connectivity index is 1.05. The van der Waals surface area contributed by atoms with Crippen LogP contribution in [0.4, 0.5) is 5.82 Å². The van der Waals surface area contributed by atoms with Crippen molar-refractivity contribution < 1.29 is 14.3 Å².